The Hall–Kier alpha value is -2.27. The quantitative estimate of drug-likeness (QED) is 0.799. The zero-order valence-corrected chi connectivity index (χ0v) is 12.9. The molecule has 0 saturated heterocycles. The smallest absolute Gasteiger partial charge is 0.424 e. The highest BCUT2D eigenvalue weighted by Crippen LogP contribution is 2.31. The van der Waals surface area contributed by atoms with Crippen LogP contribution in [0, 0.1) is 0 Å². The Kier molecular flexibility index (Phi) is 3.66. The Morgan fingerprint density at radius 3 is 2.91 bits per heavy atom. The molecule has 0 saturated carbocycles. The van der Waals surface area contributed by atoms with Crippen molar-refractivity contribution in [3.05, 3.63) is 62.9 Å². The second-order valence-electron chi connectivity index (χ2n) is 5.14. The van der Waals surface area contributed by atoms with Gasteiger partial charge in [0.2, 0.25) is 0 Å². The van der Waals surface area contributed by atoms with Crippen molar-refractivity contribution < 1.29 is 13.9 Å². The summed E-state index contributed by atoms with van der Waals surface area (Å²) in [5, 5.41) is 0.520. The predicted octanol–water partition coefficient (Wildman–Crippen LogP) is 2.84. The Morgan fingerprint density at radius 1 is 1.45 bits per heavy atom. The van der Waals surface area contributed by atoms with Crippen molar-refractivity contribution in [3.63, 3.8) is 0 Å². The average molecular weight is 320 g/mol. The molecule has 1 aromatic carbocycles. The van der Waals surface area contributed by atoms with E-state index in [9.17, 15) is 9.59 Å². The van der Waals surface area contributed by atoms with E-state index in [2.05, 4.69) is 0 Å². The normalized spacial score (nSPS) is 16.9. The van der Waals surface area contributed by atoms with Gasteiger partial charge in [-0.25, -0.2) is 14.2 Å². The molecule has 0 fully saturated rings. The highest BCUT2D eigenvalue weighted by atomic mass is 35.5. The Balaban J connectivity index is 2.14. The number of benzene rings is 1. The second kappa shape index (κ2) is 5.50. The van der Waals surface area contributed by atoms with Gasteiger partial charge >= 0.3 is 11.7 Å². The Morgan fingerprint density at radius 2 is 2.23 bits per heavy atom. The number of methoxy groups -OCH3 is 1. The van der Waals surface area contributed by atoms with Crippen molar-refractivity contribution in [2.75, 3.05) is 7.11 Å². The molecule has 6 heteroatoms. The van der Waals surface area contributed by atoms with Crippen LogP contribution in [0.5, 0.6) is 0 Å². The SMILES string of the molecule is COC(=O)C1=CC(C)c2oc(=O)n(-c3cccc(Cl)c3)c2C1. The largest absolute Gasteiger partial charge is 0.466 e. The molecular weight excluding hydrogens is 306 g/mol. The molecule has 0 bridgehead atoms. The topological polar surface area (TPSA) is 61.4 Å². The molecule has 3 rings (SSSR count). The highest BCUT2D eigenvalue weighted by molar-refractivity contribution is 6.30. The minimum absolute atomic E-state index is 0.175. The molecule has 0 N–H and O–H groups in total. The summed E-state index contributed by atoms with van der Waals surface area (Å²) in [6.07, 6.45) is 2.05. The van der Waals surface area contributed by atoms with E-state index in [1.165, 1.54) is 11.7 Å². The standard InChI is InChI=1S/C16H14ClNO4/c1-9-6-10(15(19)21-2)7-13-14(9)22-16(20)18(13)12-5-3-4-11(17)8-12/h3-6,8-9H,7H2,1-2H3. The third kappa shape index (κ3) is 2.37. The number of aromatic nitrogens is 1. The van der Waals surface area contributed by atoms with Crippen LogP contribution >= 0.6 is 11.6 Å². The minimum atomic E-state index is -0.487. The first-order valence-electron chi connectivity index (χ1n) is 6.81. The van der Waals surface area contributed by atoms with Gasteiger partial charge < -0.3 is 9.15 Å². The van der Waals surface area contributed by atoms with E-state index < -0.39 is 11.7 Å². The number of esters is 1. The van der Waals surface area contributed by atoms with Crippen molar-refractivity contribution in [2.45, 2.75) is 19.3 Å². The zero-order chi connectivity index (χ0) is 15.9. The Labute approximate surface area is 131 Å². The van der Waals surface area contributed by atoms with E-state index >= 15 is 0 Å². The van der Waals surface area contributed by atoms with Crippen LogP contribution < -0.4 is 5.76 Å². The highest BCUT2D eigenvalue weighted by Gasteiger charge is 2.29. The molecule has 0 amide bonds. The summed E-state index contributed by atoms with van der Waals surface area (Å²) in [7, 11) is 1.34. The molecule has 1 atom stereocenters. The van der Waals surface area contributed by atoms with Gasteiger partial charge in [0.05, 0.1) is 18.5 Å². The zero-order valence-electron chi connectivity index (χ0n) is 12.1. The maximum Gasteiger partial charge on any atom is 0.424 e. The second-order valence-corrected chi connectivity index (χ2v) is 5.58. The number of ether oxygens (including phenoxy) is 1. The van der Waals surface area contributed by atoms with E-state index in [1.807, 2.05) is 6.92 Å². The minimum Gasteiger partial charge on any atom is -0.466 e. The lowest BCUT2D eigenvalue weighted by Crippen LogP contribution is -2.19. The van der Waals surface area contributed by atoms with Crippen LogP contribution in [0.15, 0.2) is 45.1 Å². The molecule has 0 spiro atoms. The summed E-state index contributed by atoms with van der Waals surface area (Å²) in [4.78, 5) is 24.0. The summed E-state index contributed by atoms with van der Waals surface area (Å²) < 4.78 is 11.6. The van der Waals surface area contributed by atoms with Crippen LogP contribution in [0.1, 0.15) is 24.3 Å². The summed E-state index contributed by atoms with van der Waals surface area (Å²) in [6.45, 7) is 1.87. The number of hydrogen-bond donors (Lipinski definition) is 0. The molecule has 1 aromatic heterocycles. The van der Waals surface area contributed by atoms with Crippen LogP contribution in [0.25, 0.3) is 5.69 Å². The molecule has 114 valence electrons. The van der Waals surface area contributed by atoms with Crippen LogP contribution in [0.4, 0.5) is 0 Å². The fraction of sp³-hybridized carbons (Fsp3) is 0.250. The number of carbonyl (C=O) groups excluding carboxylic acids is 1. The first kappa shape index (κ1) is 14.7. The first-order chi connectivity index (χ1) is 10.5. The first-order valence-corrected chi connectivity index (χ1v) is 7.18. The number of fused-ring (bicyclic) bond motifs is 1. The van der Waals surface area contributed by atoms with Gasteiger partial charge in [0.25, 0.3) is 0 Å². The molecule has 2 aromatic rings. The van der Waals surface area contributed by atoms with Crippen LogP contribution in [0.2, 0.25) is 5.02 Å². The van der Waals surface area contributed by atoms with Gasteiger partial charge in [-0.1, -0.05) is 30.7 Å². The van der Waals surface area contributed by atoms with Crippen molar-refractivity contribution in [1.82, 2.24) is 4.57 Å². The Bertz CT molecular complexity index is 831. The van der Waals surface area contributed by atoms with Crippen molar-refractivity contribution in [1.29, 1.82) is 0 Å². The van der Waals surface area contributed by atoms with Gasteiger partial charge in [0.1, 0.15) is 5.76 Å². The van der Waals surface area contributed by atoms with Gasteiger partial charge in [-0.3, -0.25) is 0 Å². The van der Waals surface area contributed by atoms with Gasteiger partial charge in [0.15, 0.2) is 0 Å². The summed E-state index contributed by atoms with van der Waals surface area (Å²) in [6, 6.07) is 6.93. The van der Waals surface area contributed by atoms with Gasteiger partial charge in [-0.05, 0) is 18.2 Å². The molecular formula is C16H14ClNO4. The fourth-order valence-electron chi connectivity index (χ4n) is 2.71. The lowest BCUT2D eigenvalue weighted by Gasteiger charge is -2.17. The van der Waals surface area contributed by atoms with E-state index in [-0.39, 0.29) is 12.3 Å². The summed E-state index contributed by atoms with van der Waals surface area (Å²) in [5.74, 6) is -0.494. The van der Waals surface area contributed by atoms with Crippen LogP contribution in [-0.4, -0.2) is 17.6 Å². The van der Waals surface area contributed by atoms with Crippen molar-refractivity contribution >= 4 is 17.6 Å². The predicted molar refractivity (Wildman–Crippen MR) is 81.5 cm³/mol. The third-order valence-electron chi connectivity index (χ3n) is 3.67. The number of rotatable bonds is 2. The van der Waals surface area contributed by atoms with E-state index in [0.29, 0.717) is 27.7 Å². The average Bonchev–Trinajstić information content (AvgIpc) is 2.83. The lowest BCUT2D eigenvalue weighted by atomic mass is 9.93. The fourth-order valence-corrected chi connectivity index (χ4v) is 2.89. The summed E-state index contributed by atoms with van der Waals surface area (Å²) >= 11 is 6.00. The van der Waals surface area contributed by atoms with E-state index in [0.717, 1.165) is 0 Å². The molecule has 0 radical (unpaired) electrons. The van der Waals surface area contributed by atoms with Crippen LogP contribution in [-0.2, 0) is 16.0 Å². The number of hydrogen-bond acceptors (Lipinski definition) is 4. The van der Waals surface area contributed by atoms with Crippen molar-refractivity contribution in [2.24, 2.45) is 0 Å². The maximum absolute atomic E-state index is 12.2. The number of allylic oxidation sites excluding steroid dienone is 1. The maximum atomic E-state index is 12.2. The molecule has 0 aliphatic heterocycles. The number of nitrogens with zero attached hydrogens (tertiary/aromatic N) is 1. The molecule has 1 heterocycles. The number of carbonyl (C=O) groups is 1. The van der Waals surface area contributed by atoms with Gasteiger partial charge in [-0.2, -0.15) is 0 Å². The van der Waals surface area contributed by atoms with E-state index in [4.69, 9.17) is 20.8 Å². The molecule has 1 aliphatic rings. The molecule has 1 aliphatic carbocycles. The molecule has 5 nitrogen and oxygen atoms in total. The number of halogens is 1. The van der Waals surface area contributed by atoms with Gasteiger partial charge in [0, 0.05) is 22.9 Å². The van der Waals surface area contributed by atoms with Crippen LogP contribution in [0.3, 0.4) is 0 Å². The van der Waals surface area contributed by atoms with Crippen molar-refractivity contribution in [3.8, 4) is 5.69 Å². The monoisotopic (exact) mass is 319 g/mol. The lowest BCUT2D eigenvalue weighted by molar-refractivity contribution is -0.136. The molecule has 22 heavy (non-hydrogen) atoms. The van der Waals surface area contributed by atoms with E-state index in [1.54, 1.807) is 30.3 Å². The number of oxazole rings is 1. The third-order valence-corrected chi connectivity index (χ3v) is 3.91. The molecule has 1 unspecified atom stereocenters. The van der Waals surface area contributed by atoms with Gasteiger partial charge in [-0.15, -0.1) is 0 Å². The summed E-state index contributed by atoms with van der Waals surface area (Å²) in [5.41, 5.74) is 1.78.